The number of anilines is 1. The van der Waals surface area contributed by atoms with Gasteiger partial charge in [-0.05, 0) is 73.0 Å². The largest absolute Gasteiger partial charge is 0.357 e. The van der Waals surface area contributed by atoms with E-state index in [4.69, 9.17) is 9.05 Å². The van der Waals surface area contributed by atoms with E-state index < -0.39 is 25.0 Å². The predicted molar refractivity (Wildman–Crippen MR) is 123 cm³/mol. The molecule has 166 valence electrons. The van der Waals surface area contributed by atoms with Gasteiger partial charge >= 0.3 is 7.60 Å². The molecular formula is C25H24F2NO3P. The zero-order valence-electron chi connectivity index (χ0n) is 17.9. The number of halogens is 2. The summed E-state index contributed by atoms with van der Waals surface area (Å²) in [6, 6.07) is 19.8. The second-order valence-electron chi connectivity index (χ2n) is 7.26. The van der Waals surface area contributed by atoms with Crippen molar-refractivity contribution in [3.63, 3.8) is 0 Å². The normalized spacial score (nSPS) is 15.9. The SMILES string of the molecule is CCOP(=O)(OCC)C1c2cc(F)ccc2C=C(c2ccccc2)N1c1ccc(F)cc1. The van der Waals surface area contributed by atoms with Crippen molar-refractivity contribution in [2.24, 2.45) is 0 Å². The van der Waals surface area contributed by atoms with E-state index in [1.165, 1.54) is 24.3 Å². The molecule has 0 fully saturated rings. The fraction of sp³-hybridized carbons (Fsp3) is 0.200. The van der Waals surface area contributed by atoms with Gasteiger partial charge in [0.25, 0.3) is 0 Å². The molecule has 1 unspecified atom stereocenters. The Labute approximate surface area is 186 Å². The number of rotatable bonds is 7. The van der Waals surface area contributed by atoms with Crippen LogP contribution in [0, 0.1) is 11.6 Å². The third-order valence-corrected chi connectivity index (χ3v) is 7.56. The topological polar surface area (TPSA) is 38.8 Å². The van der Waals surface area contributed by atoms with Crippen LogP contribution in [0.4, 0.5) is 14.5 Å². The molecule has 4 nitrogen and oxygen atoms in total. The molecule has 1 aliphatic heterocycles. The van der Waals surface area contributed by atoms with Crippen LogP contribution in [0.1, 0.15) is 36.3 Å². The van der Waals surface area contributed by atoms with Gasteiger partial charge in [-0.1, -0.05) is 36.4 Å². The molecule has 0 aliphatic carbocycles. The standard InChI is InChI=1S/C25H24F2NO3P/c1-3-30-32(29,31-4-2)25-23-17-21(27)11-10-19(23)16-24(18-8-6-5-7-9-18)28(25)22-14-12-20(26)13-15-22/h5-17,25H,3-4H2,1-2H3. The molecule has 32 heavy (non-hydrogen) atoms. The Balaban J connectivity index is 2.03. The van der Waals surface area contributed by atoms with Crippen LogP contribution in [0.15, 0.2) is 72.8 Å². The lowest BCUT2D eigenvalue weighted by atomic mass is 9.97. The minimum atomic E-state index is -3.81. The van der Waals surface area contributed by atoms with Crippen molar-refractivity contribution in [2.45, 2.75) is 19.6 Å². The first-order valence-electron chi connectivity index (χ1n) is 10.5. The van der Waals surface area contributed by atoms with Gasteiger partial charge in [0.05, 0.1) is 18.9 Å². The molecule has 4 rings (SSSR count). The number of hydrogen-bond donors (Lipinski definition) is 0. The third kappa shape index (κ3) is 4.26. The van der Waals surface area contributed by atoms with Gasteiger partial charge in [-0.25, -0.2) is 8.78 Å². The Kier molecular flexibility index (Phi) is 6.56. The van der Waals surface area contributed by atoms with Crippen molar-refractivity contribution < 1.29 is 22.4 Å². The van der Waals surface area contributed by atoms with Gasteiger partial charge < -0.3 is 13.9 Å². The van der Waals surface area contributed by atoms with E-state index in [0.717, 1.165) is 11.3 Å². The Morgan fingerprint density at radius 2 is 1.50 bits per heavy atom. The zero-order chi connectivity index (χ0) is 22.7. The van der Waals surface area contributed by atoms with Crippen molar-refractivity contribution >= 4 is 25.1 Å². The Bertz CT molecular complexity index is 1160. The van der Waals surface area contributed by atoms with Gasteiger partial charge in [0.1, 0.15) is 11.6 Å². The Hall–Kier alpha value is -2.79. The van der Waals surface area contributed by atoms with Crippen molar-refractivity contribution in [3.8, 4) is 0 Å². The van der Waals surface area contributed by atoms with E-state index in [1.807, 2.05) is 36.4 Å². The van der Waals surface area contributed by atoms with Crippen molar-refractivity contribution in [3.05, 3.63) is 101 Å². The molecule has 0 amide bonds. The summed E-state index contributed by atoms with van der Waals surface area (Å²) in [6.07, 6.45) is 1.91. The maximum atomic E-state index is 14.4. The van der Waals surface area contributed by atoms with Crippen LogP contribution in [0.5, 0.6) is 0 Å². The van der Waals surface area contributed by atoms with Gasteiger partial charge in [-0.3, -0.25) is 4.57 Å². The summed E-state index contributed by atoms with van der Waals surface area (Å²) in [6.45, 7) is 3.77. The van der Waals surface area contributed by atoms with Gasteiger partial charge in [0.15, 0.2) is 5.78 Å². The summed E-state index contributed by atoms with van der Waals surface area (Å²) in [5.41, 5.74) is 3.37. The lowest BCUT2D eigenvalue weighted by Gasteiger charge is -2.42. The highest BCUT2D eigenvalue weighted by Crippen LogP contribution is 2.66. The van der Waals surface area contributed by atoms with Gasteiger partial charge in [-0.2, -0.15) is 0 Å². The van der Waals surface area contributed by atoms with Gasteiger partial charge in [0.2, 0.25) is 0 Å². The summed E-state index contributed by atoms with van der Waals surface area (Å²) in [7, 11) is -3.81. The molecule has 0 spiro atoms. The van der Waals surface area contributed by atoms with Crippen LogP contribution < -0.4 is 4.90 Å². The fourth-order valence-electron chi connectivity index (χ4n) is 3.95. The molecule has 0 N–H and O–H groups in total. The first kappa shape index (κ1) is 22.4. The average Bonchev–Trinajstić information content (AvgIpc) is 2.79. The van der Waals surface area contributed by atoms with Crippen LogP contribution in [0.2, 0.25) is 0 Å². The molecule has 7 heteroatoms. The first-order valence-corrected chi connectivity index (χ1v) is 12.1. The maximum absolute atomic E-state index is 14.4. The van der Waals surface area contributed by atoms with Crippen LogP contribution in [0.25, 0.3) is 11.8 Å². The molecule has 3 aromatic carbocycles. The molecule has 3 aromatic rings. The number of hydrogen-bond acceptors (Lipinski definition) is 4. The van der Waals surface area contributed by atoms with Crippen LogP contribution in [-0.4, -0.2) is 13.2 Å². The fourth-order valence-corrected chi connectivity index (χ4v) is 6.13. The van der Waals surface area contributed by atoms with Crippen molar-refractivity contribution in [1.82, 2.24) is 0 Å². The van der Waals surface area contributed by atoms with E-state index in [2.05, 4.69) is 0 Å². The molecule has 1 aliphatic rings. The van der Waals surface area contributed by atoms with E-state index in [1.54, 1.807) is 36.9 Å². The number of benzene rings is 3. The molecule has 0 saturated carbocycles. The Morgan fingerprint density at radius 1 is 0.875 bits per heavy atom. The molecule has 0 aromatic heterocycles. The Morgan fingerprint density at radius 3 is 2.12 bits per heavy atom. The highest BCUT2D eigenvalue weighted by atomic mass is 31.2. The molecule has 0 radical (unpaired) electrons. The van der Waals surface area contributed by atoms with E-state index in [9.17, 15) is 13.3 Å². The summed E-state index contributed by atoms with van der Waals surface area (Å²) in [5.74, 6) is -1.81. The van der Waals surface area contributed by atoms with Crippen LogP contribution in [-0.2, 0) is 13.6 Å². The van der Waals surface area contributed by atoms with Crippen LogP contribution >= 0.6 is 7.60 Å². The van der Waals surface area contributed by atoms with Crippen molar-refractivity contribution in [2.75, 3.05) is 18.1 Å². The minimum Gasteiger partial charge on any atom is -0.322 e. The first-order chi connectivity index (χ1) is 15.5. The summed E-state index contributed by atoms with van der Waals surface area (Å²) >= 11 is 0. The second-order valence-corrected chi connectivity index (χ2v) is 9.35. The lowest BCUT2D eigenvalue weighted by molar-refractivity contribution is 0.212. The van der Waals surface area contributed by atoms with E-state index in [0.29, 0.717) is 16.8 Å². The summed E-state index contributed by atoms with van der Waals surface area (Å²) in [5, 5.41) is 0. The summed E-state index contributed by atoms with van der Waals surface area (Å²) in [4.78, 5) is 1.79. The molecule has 1 heterocycles. The molecule has 0 saturated heterocycles. The quantitative estimate of drug-likeness (QED) is 0.352. The second kappa shape index (κ2) is 9.37. The van der Waals surface area contributed by atoms with Crippen LogP contribution in [0.3, 0.4) is 0 Å². The average molecular weight is 455 g/mol. The predicted octanol–water partition coefficient (Wildman–Crippen LogP) is 7.25. The lowest BCUT2D eigenvalue weighted by Crippen LogP contribution is -2.32. The van der Waals surface area contributed by atoms with Gasteiger partial charge in [0, 0.05) is 5.69 Å². The third-order valence-electron chi connectivity index (χ3n) is 5.22. The zero-order valence-corrected chi connectivity index (χ0v) is 18.8. The molecular weight excluding hydrogens is 431 g/mol. The highest BCUT2D eigenvalue weighted by Gasteiger charge is 2.46. The van der Waals surface area contributed by atoms with E-state index >= 15 is 0 Å². The monoisotopic (exact) mass is 455 g/mol. The molecule has 0 bridgehead atoms. The number of fused-ring (bicyclic) bond motifs is 1. The smallest absolute Gasteiger partial charge is 0.322 e. The minimum absolute atomic E-state index is 0.153. The molecule has 1 atom stereocenters. The van der Waals surface area contributed by atoms with Crippen molar-refractivity contribution in [1.29, 1.82) is 0 Å². The van der Waals surface area contributed by atoms with Gasteiger partial charge in [-0.15, -0.1) is 0 Å². The maximum Gasteiger partial charge on any atom is 0.357 e. The number of nitrogens with zero attached hydrogens (tertiary/aromatic N) is 1. The highest BCUT2D eigenvalue weighted by molar-refractivity contribution is 7.54. The van der Waals surface area contributed by atoms with E-state index in [-0.39, 0.29) is 13.2 Å². The summed E-state index contributed by atoms with van der Waals surface area (Å²) < 4.78 is 53.7.